The number of esters is 1. The van der Waals surface area contributed by atoms with E-state index >= 15 is 0 Å². The number of aromatic hydroxyl groups is 1. The fourth-order valence-electron chi connectivity index (χ4n) is 3.33. The van der Waals surface area contributed by atoms with Gasteiger partial charge in [-0.05, 0) is 44.4 Å². The average molecular weight is 402 g/mol. The predicted octanol–water partition coefficient (Wildman–Crippen LogP) is 2.72. The largest absolute Gasteiger partial charge is 0.503 e. The summed E-state index contributed by atoms with van der Waals surface area (Å²) in [6.45, 7) is 3.28. The molecule has 1 saturated carbocycles. The van der Waals surface area contributed by atoms with Crippen molar-refractivity contribution in [2.24, 2.45) is 0 Å². The lowest BCUT2D eigenvalue weighted by Gasteiger charge is -2.25. The Morgan fingerprint density at radius 1 is 1.21 bits per heavy atom. The summed E-state index contributed by atoms with van der Waals surface area (Å²) in [4.78, 5) is 28.7. The van der Waals surface area contributed by atoms with E-state index in [2.05, 4.69) is 10.3 Å². The van der Waals surface area contributed by atoms with Gasteiger partial charge < -0.3 is 19.9 Å². The zero-order valence-electron chi connectivity index (χ0n) is 16.4. The molecule has 1 heterocycles. The van der Waals surface area contributed by atoms with Crippen LogP contribution in [0, 0.1) is 5.82 Å². The normalized spacial score (nSPS) is 16.4. The van der Waals surface area contributed by atoms with Crippen LogP contribution in [0.15, 0.2) is 36.5 Å². The van der Waals surface area contributed by atoms with Crippen molar-refractivity contribution in [3.63, 3.8) is 0 Å². The number of carbonyl (C=O) groups is 2. The van der Waals surface area contributed by atoms with Gasteiger partial charge in [-0.1, -0.05) is 12.1 Å². The van der Waals surface area contributed by atoms with Gasteiger partial charge in [-0.3, -0.25) is 4.79 Å². The van der Waals surface area contributed by atoms with Crippen molar-refractivity contribution in [3.8, 4) is 11.5 Å². The van der Waals surface area contributed by atoms with Gasteiger partial charge in [0.2, 0.25) is 0 Å². The quantitative estimate of drug-likeness (QED) is 0.691. The number of amides is 1. The Kier molecular flexibility index (Phi) is 5.72. The van der Waals surface area contributed by atoms with E-state index in [-0.39, 0.29) is 22.7 Å². The van der Waals surface area contributed by atoms with Gasteiger partial charge in [-0.2, -0.15) is 0 Å². The summed E-state index contributed by atoms with van der Waals surface area (Å²) in [5.74, 6) is -1.96. The highest BCUT2D eigenvalue weighted by atomic mass is 19.1. The lowest BCUT2D eigenvalue weighted by molar-refractivity contribution is -0.151. The molecule has 8 heteroatoms. The maximum Gasteiger partial charge on any atom is 0.328 e. The van der Waals surface area contributed by atoms with Crippen LogP contribution in [0.2, 0.25) is 0 Å². The Bertz CT molecular complexity index is 912. The molecule has 1 aliphatic rings. The summed E-state index contributed by atoms with van der Waals surface area (Å²) < 4.78 is 23.7. The molecule has 3 rings (SSSR count). The SMILES string of the molecule is COc1ccnc(C(=O)N[C@@H](C)C(=O)OC(C)C2(c3ccc(F)cc3)CC2)c1O. The molecule has 2 atom stereocenters. The minimum Gasteiger partial charge on any atom is -0.503 e. The van der Waals surface area contributed by atoms with E-state index in [1.807, 2.05) is 0 Å². The molecule has 0 saturated heterocycles. The molecule has 0 radical (unpaired) electrons. The first-order chi connectivity index (χ1) is 13.8. The highest BCUT2D eigenvalue weighted by molar-refractivity contribution is 5.97. The van der Waals surface area contributed by atoms with E-state index in [4.69, 9.17) is 9.47 Å². The number of benzene rings is 1. The van der Waals surface area contributed by atoms with E-state index in [1.165, 1.54) is 38.4 Å². The number of ether oxygens (including phenoxy) is 2. The second-order valence-electron chi connectivity index (χ2n) is 7.15. The maximum absolute atomic E-state index is 13.2. The molecule has 1 aliphatic carbocycles. The van der Waals surface area contributed by atoms with Crippen LogP contribution in [0.25, 0.3) is 0 Å². The van der Waals surface area contributed by atoms with Gasteiger partial charge in [-0.25, -0.2) is 14.2 Å². The lowest BCUT2D eigenvalue weighted by Crippen LogP contribution is -2.42. The fourth-order valence-corrected chi connectivity index (χ4v) is 3.33. The molecule has 1 unspecified atom stereocenters. The number of halogens is 1. The number of nitrogens with zero attached hydrogens (tertiary/aromatic N) is 1. The first-order valence-electron chi connectivity index (χ1n) is 9.28. The van der Waals surface area contributed by atoms with E-state index < -0.39 is 29.8 Å². The summed E-state index contributed by atoms with van der Waals surface area (Å²) in [5.41, 5.74) is 0.336. The number of carbonyl (C=O) groups excluding carboxylic acids is 2. The summed E-state index contributed by atoms with van der Waals surface area (Å²) in [6, 6.07) is 6.64. The van der Waals surface area contributed by atoms with E-state index in [0.29, 0.717) is 0 Å². The van der Waals surface area contributed by atoms with E-state index in [9.17, 15) is 19.1 Å². The third-order valence-electron chi connectivity index (χ3n) is 5.30. The monoisotopic (exact) mass is 402 g/mol. The zero-order chi connectivity index (χ0) is 21.2. The minimum atomic E-state index is -0.957. The summed E-state index contributed by atoms with van der Waals surface area (Å²) in [6.07, 6.45) is 2.53. The van der Waals surface area contributed by atoms with Crippen LogP contribution < -0.4 is 10.1 Å². The van der Waals surface area contributed by atoms with Gasteiger partial charge in [0.1, 0.15) is 18.0 Å². The van der Waals surface area contributed by atoms with Gasteiger partial charge in [0, 0.05) is 17.7 Å². The standard InChI is InChI=1S/C21H23FN2O5/c1-12(24-19(26)17-18(25)16(28-3)8-11-23-17)20(27)29-13(2)21(9-10-21)14-4-6-15(22)7-5-14/h4-8,11-13,25H,9-10H2,1-3H3,(H,24,26)/t12-,13?/m0/s1. The van der Waals surface area contributed by atoms with Gasteiger partial charge >= 0.3 is 5.97 Å². The predicted molar refractivity (Wildman–Crippen MR) is 102 cm³/mol. The van der Waals surface area contributed by atoms with E-state index in [0.717, 1.165) is 18.4 Å². The molecule has 29 heavy (non-hydrogen) atoms. The summed E-state index contributed by atoms with van der Waals surface area (Å²) in [7, 11) is 1.35. The third kappa shape index (κ3) is 4.16. The van der Waals surface area contributed by atoms with Gasteiger partial charge in [0.05, 0.1) is 7.11 Å². The molecule has 154 valence electrons. The van der Waals surface area contributed by atoms with Gasteiger partial charge in [0.15, 0.2) is 17.2 Å². The smallest absolute Gasteiger partial charge is 0.328 e. The van der Waals surface area contributed by atoms with Gasteiger partial charge in [0.25, 0.3) is 5.91 Å². The number of rotatable bonds is 7. The summed E-state index contributed by atoms with van der Waals surface area (Å²) in [5, 5.41) is 12.5. The van der Waals surface area contributed by atoms with Gasteiger partial charge in [-0.15, -0.1) is 0 Å². The molecule has 0 aliphatic heterocycles. The van der Waals surface area contributed by atoms with Crippen molar-refractivity contribution in [2.45, 2.75) is 44.2 Å². The lowest BCUT2D eigenvalue weighted by atomic mass is 9.90. The Balaban J connectivity index is 1.63. The number of hydrogen-bond acceptors (Lipinski definition) is 6. The number of pyridine rings is 1. The van der Waals surface area contributed by atoms with Crippen LogP contribution >= 0.6 is 0 Å². The highest BCUT2D eigenvalue weighted by Gasteiger charge is 2.51. The number of nitrogens with one attached hydrogen (secondary N) is 1. The van der Waals surface area contributed by atoms with Crippen molar-refractivity contribution >= 4 is 11.9 Å². The Labute approximate surface area is 167 Å². The molecule has 1 fully saturated rings. The molecule has 2 N–H and O–H groups in total. The van der Waals surface area contributed by atoms with Crippen LogP contribution in [-0.4, -0.2) is 41.2 Å². The van der Waals surface area contributed by atoms with Crippen molar-refractivity contribution in [1.82, 2.24) is 10.3 Å². The number of methoxy groups -OCH3 is 1. The molecule has 0 bridgehead atoms. The number of aromatic nitrogens is 1. The van der Waals surface area contributed by atoms with Crippen LogP contribution in [0.4, 0.5) is 4.39 Å². The molecule has 1 amide bonds. The summed E-state index contributed by atoms with van der Waals surface area (Å²) >= 11 is 0. The first kappa shape index (κ1) is 20.6. The van der Waals surface area contributed by atoms with Crippen molar-refractivity contribution < 1.29 is 28.6 Å². The van der Waals surface area contributed by atoms with Crippen LogP contribution in [0.1, 0.15) is 42.7 Å². The average Bonchev–Trinajstić information content (AvgIpc) is 3.50. The molecule has 7 nitrogen and oxygen atoms in total. The van der Waals surface area contributed by atoms with Crippen molar-refractivity contribution in [3.05, 3.63) is 53.6 Å². The van der Waals surface area contributed by atoms with Crippen molar-refractivity contribution in [1.29, 1.82) is 0 Å². The molecule has 1 aromatic carbocycles. The molecular formula is C21H23FN2O5. The molecule has 1 aromatic heterocycles. The Morgan fingerprint density at radius 3 is 2.45 bits per heavy atom. The zero-order valence-corrected chi connectivity index (χ0v) is 16.4. The van der Waals surface area contributed by atoms with E-state index in [1.54, 1.807) is 19.1 Å². The fraction of sp³-hybridized carbons (Fsp3) is 0.381. The third-order valence-corrected chi connectivity index (χ3v) is 5.30. The maximum atomic E-state index is 13.2. The highest BCUT2D eigenvalue weighted by Crippen LogP contribution is 2.52. The minimum absolute atomic E-state index is 0.101. The van der Waals surface area contributed by atoms with Crippen LogP contribution in [-0.2, 0) is 14.9 Å². The molecule has 0 spiro atoms. The Hall–Kier alpha value is -3.16. The molecular weight excluding hydrogens is 379 g/mol. The second-order valence-corrected chi connectivity index (χ2v) is 7.15. The molecule has 2 aromatic rings. The Morgan fingerprint density at radius 2 is 1.86 bits per heavy atom. The van der Waals surface area contributed by atoms with Crippen LogP contribution in [0.5, 0.6) is 11.5 Å². The number of hydrogen-bond donors (Lipinski definition) is 2. The van der Waals surface area contributed by atoms with Crippen molar-refractivity contribution in [2.75, 3.05) is 7.11 Å². The second kappa shape index (κ2) is 8.06. The van der Waals surface area contributed by atoms with Crippen LogP contribution in [0.3, 0.4) is 0 Å². The topological polar surface area (TPSA) is 97.8 Å². The first-order valence-corrected chi connectivity index (χ1v) is 9.28.